The van der Waals surface area contributed by atoms with Crippen molar-refractivity contribution in [2.75, 3.05) is 25.1 Å². The van der Waals surface area contributed by atoms with Crippen molar-refractivity contribution in [2.45, 2.75) is 45.3 Å². The van der Waals surface area contributed by atoms with Crippen molar-refractivity contribution in [1.82, 2.24) is 0 Å². The van der Waals surface area contributed by atoms with Crippen LogP contribution in [0.3, 0.4) is 0 Å². The Labute approximate surface area is 134 Å². The molecule has 0 amide bonds. The van der Waals surface area contributed by atoms with Gasteiger partial charge in [0.2, 0.25) is 0 Å². The van der Waals surface area contributed by atoms with Gasteiger partial charge in [-0.3, -0.25) is 0 Å². The van der Waals surface area contributed by atoms with E-state index in [9.17, 15) is 5.11 Å². The number of ether oxygens (including phenoxy) is 1. The number of anilines is 1. The first-order valence-electron chi connectivity index (χ1n) is 8.49. The molecule has 1 N–H and O–H groups in total. The summed E-state index contributed by atoms with van der Waals surface area (Å²) in [4.78, 5) is 2.17. The molecule has 3 fully saturated rings. The Bertz CT molecular complexity index is 515. The van der Waals surface area contributed by atoms with E-state index in [1.165, 1.54) is 0 Å². The third kappa shape index (κ3) is 2.35. The number of benzene rings is 1. The molecule has 0 unspecified atom stereocenters. The van der Waals surface area contributed by atoms with Gasteiger partial charge in [0.15, 0.2) is 0 Å². The number of aliphatic hydroxyl groups is 1. The molecule has 3 heteroatoms. The monoisotopic (exact) mass is 303 g/mol. The standard InChI is InChI=1S/C19H29NO2/c1-5-22-17-12-14-11-16(18(14,2)3)19(17,21)13-20(4)15-9-7-6-8-10-15/h6-10,14,16-17,21H,5,11-13H2,1-4H3/t14-,16-,17+,19+/m1/s1. The van der Waals surface area contributed by atoms with Crippen molar-refractivity contribution in [1.29, 1.82) is 0 Å². The topological polar surface area (TPSA) is 32.7 Å². The molecule has 0 radical (unpaired) electrons. The van der Waals surface area contributed by atoms with E-state index in [2.05, 4.69) is 37.9 Å². The zero-order valence-electron chi connectivity index (χ0n) is 14.2. The summed E-state index contributed by atoms with van der Waals surface area (Å²) in [6, 6.07) is 10.3. The molecule has 2 bridgehead atoms. The molecule has 0 aliphatic heterocycles. The predicted molar refractivity (Wildman–Crippen MR) is 90.1 cm³/mol. The van der Waals surface area contributed by atoms with E-state index >= 15 is 0 Å². The van der Waals surface area contributed by atoms with Crippen LogP contribution in [0.4, 0.5) is 5.69 Å². The summed E-state index contributed by atoms with van der Waals surface area (Å²) < 4.78 is 5.95. The van der Waals surface area contributed by atoms with E-state index in [-0.39, 0.29) is 11.5 Å². The largest absolute Gasteiger partial charge is 0.385 e. The fourth-order valence-corrected chi connectivity index (χ4v) is 4.73. The molecule has 0 saturated heterocycles. The minimum atomic E-state index is -0.765. The number of likely N-dealkylation sites (N-methyl/N-ethyl adjacent to an activating group) is 1. The highest BCUT2D eigenvalue weighted by atomic mass is 16.5. The number of nitrogens with zero attached hydrogens (tertiary/aromatic N) is 1. The van der Waals surface area contributed by atoms with E-state index in [1.807, 2.05) is 25.1 Å². The summed E-state index contributed by atoms with van der Waals surface area (Å²) in [6.45, 7) is 7.93. The molecule has 4 atom stereocenters. The van der Waals surface area contributed by atoms with Crippen LogP contribution in [-0.2, 0) is 4.74 Å². The van der Waals surface area contributed by atoms with Gasteiger partial charge in [-0.25, -0.2) is 0 Å². The molecule has 22 heavy (non-hydrogen) atoms. The van der Waals surface area contributed by atoms with Crippen LogP contribution in [0.15, 0.2) is 30.3 Å². The highest BCUT2D eigenvalue weighted by molar-refractivity contribution is 5.45. The van der Waals surface area contributed by atoms with E-state index in [1.54, 1.807) is 0 Å². The SMILES string of the molecule is CCO[C@H]1C[C@H]2C[C@H](C2(C)C)[C@@]1(O)CN(C)c1ccccc1. The highest BCUT2D eigenvalue weighted by Crippen LogP contribution is 2.63. The van der Waals surface area contributed by atoms with Gasteiger partial charge in [-0.1, -0.05) is 32.0 Å². The van der Waals surface area contributed by atoms with Gasteiger partial charge in [0.05, 0.1) is 6.10 Å². The molecule has 1 aromatic rings. The molecule has 4 rings (SSSR count). The summed E-state index contributed by atoms with van der Waals surface area (Å²) in [7, 11) is 2.06. The summed E-state index contributed by atoms with van der Waals surface area (Å²) in [6.07, 6.45) is 2.08. The summed E-state index contributed by atoms with van der Waals surface area (Å²) >= 11 is 0. The van der Waals surface area contributed by atoms with Crippen LogP contribution in [-0.4, -0.2) is 37.0 Å². The summed E-state index contributed by atoms with van der Waals surface area (Å²) in [5.74, 6) is 1.01. The number of fused-ring (bicyclic) bond motifs is 2. The van der Waals surface area contributed by atoms with Crippen molar-refractivity contribution in [3.63, 3.8) is 0 Å². The fraction of sp³-hybridized carbons (Fsp3) is 0.684. The maximum absolute atomic E-state index is 11.6. The Balaban J connectivity index is 1.83. The molecule has 3 saturated carbocycles. The summed E-state index contributed by atoms with van der Waals surface area (Å²) in [5, 5.41) is 11.6. The van der Waals surface area contributed by atoms with E-state index in [0.717, 1.165) is 18.5 Å². The number of hydrogen-bond acceptors (Lipinski definition) is 3. The van der Waals surface area contributed by atoms with Crippen LogP contribution in [0.25, 0.3) is 0 Å². The lowest BCUT2D eigenvalue weighted by Crippen LogP contribution is -2.71. The molecule has 0 heterocycles. The van der Waals surface area contributed by atoms with Gasteiger partial charge in [-0.2, -0.15) is 0 Å². The Morgan fingerprint density at radius 2 is 1.91 bits per heavy atom. The quantitative estimate of drug-likeness (QED) is 0.905. The van der Waals surface area contributed by atoms with Gasteiger partial charge in [0, 0.05) is 25.9 Å². The highest BCUT2D eigenvalue weighted by Gasteiger charge is 2.65. The van der Waals surface area contributed by atoms with Crippen LogP contribution in [0.5, 0.6) is 0 Å². The first kappa shape index (κ1) is 15.8. The second kappa shape index (κ2) is 5.54. The van der Waals surface area contributed by atoms with E-state index < -0.39 is 5.60 Å². The van der Waals surface area contributed by atoms with Gasteiger partial charge < -0.3 is 14.7 Å². The fourth-order valence-electron chi connectivity index (χ4n) is 4.73. The molecular weight excluding hydrogens is 274 g/mol. The third-order valence-electron chi connectivity index (χ3n) is 6.19. The Hall–Kier alpha value is -1.06. The normalized spacial score (nSPS) is 35.8. The number of rotatable bonds is 5. The van der Waals surface area contributed by atoms with Crippen LogP contribution < -0.4 is 4.90 Å². The summed E-state index contributed by atoms with van der Waals surface area (Å²) in [5.41, 5.74) is 0.601. The van der Waals surface area contributed by atoms with Gasteiger partial charge >= 0.3 is 0 Å². The van der Waals surface area contributed by atoms with Crippen LogP contribution in [0.2, 0.25) is 0 Å². The molecule has 3 aliphatic carbocycles. The lowest BCUT2D eigenvalue weighted by molar-refractivity contribution is -0.259. The second-order valence-electron chi connectivity index (χ2n) is 7.67. The first-order valence-corrected chi connectivity index (χ1v) is 8.49. The lowest BCUT2D eigenvalue weighted by atomic mass is 9.43. The zero-order valence-corrected chi connectivity index (χ0v) is 14.2. The van der Waals surface area contributed by atoms with Crippen molar-refractivity contribution < 1.29 is 9.84 Å². The minimum Gasteiger partial charge on any atom is -0.385 e. The Kier molecular flexibility index (Phi) is 3.98. The average molecular weight is 303 g/mol. The van der Waals surface area contributed by atoms with Crippen molar-refractivity contribution in [3.05, 3.63) is 30.3 Å². The molecule has 3 nitrogen and oxygen atoms in total. The average Bonchev–Trinajstić information content (AvgIpc) is 2.49. The maximum atomic E-state index is 11.6. The lowest BCUT2D eigenvalue weighted by Gasteiger charge is -2.66. The van der Waals surface area contributed by atoms with Gasteiger partial charge in [0.1, 0.15) is 5.60 Å². The van der Waals surface area contributed by atoms with Crippen LogP contribution in [0.1, 0.15) is 33.6 Å². The molecule has 0 spiro atoms. The molecule has 0 aromatic heterocycles. The molecular formula is C19H29NO2. The van der Waals surface area contributed by atoms with Crippen LogP contribution in [0, 0.1) is 17.3 Å². The predicted octanol–water partition coefficient (Wildman–Crippen LogP) is 3.33. The number of hydrogen-bond donors (Lipinski definition) is 1. The Morgan fingerprint density at radius 3 is 2.50 bits per heavy atom. The van der Waals surface area contributed by atoms with Gasteiger partial charge in [-0.15, -0.1) is 0 Å². The van der Waals surface area contributed by atoms with E-state index in [4.69, 9.17) is 4.74 Å². The van der Waals surface area contributed by atoms with Crippen molar-refractivity contribution in [2.24, 2.45) is 17.3 Å². The van der Waals surface area contributed by atoms with Gasteiger partial charge in [-0.05, 0) is 49.1 Å². The maximum Gasteiger partial charge on any atom is 0.111 e. The molecule has 1 aromatic carbocycles. The number of para-hydroxylation sites is 1. The van der Waals surface area contributed by atoms with Crippen molar-refractivity contribution in [3.8, 4) is 0 Å². The van der Waals surface area contributed by atoms with Gasteiger partial charge in [0.25, 0.3) is 0 Å². The Morgan fingerprint density at radius 1 is 1.23 bits per heavy atom. The van der Waals surface area contributed by atoms with E-state index in [0.29, 0.717) is 25.0 Å². The smallest absolute Gasteiger partial charge is 0.111 e. The molecule has 3 aliphatic rings. The zero-order chi connectivity index (χ0) is 16.0. The van der Waals surface area contributed by atoms with Crippen LogP contribution >= 0.6 is 0 Å². The first-order chi connectivity index (χ1) is 10.4. The second-order valence-corrected chi connectivity index (χ2v) is 7.67. The minimum absolute atomic E-state index is 0.0413. The molecule has 122 valence electrons. The van der Waals surface area contributed by atoms with Crippen molar-refractivity contribution >= 4 is 5.69 Å². The third-order valence-corrected chi connectivity index (χ3v) is 6.19.